The van der Waals surface area contributed by atoms with Crippen LogP contribution in [0.4, 0.5) is 5.69 Å². The Labute approximate surface area is 184 Å². The van der Waals surface area contributed by atoms with Gasteiger partial charge < -0.3 is 10.1 Å². The van der Waals surface area contributed by atoms with E-state index in [-0.39, 0.29) is 22.0 Å². The average molecular weight is 466 g/mol. The van der Waals surface area contributed by atoms with Crippen LogP contribution in [0.5, 0.6) is 5.75 Å². The van der Waals surface area contributed by atoms with Crippen molar-refractivity contribution < 1.29 is 17.9 Å². The number of thiazole rings is 1. The molecule has 0 aliphatic carbocycles. The summed E-state index contributed by atoms with van der Waals surface area (Å²) in [7, 11) is -0.931. The summed E-state index contributed by atoms with van der Waals surface area (Å²) < 4.78 is 32.4. The van der Waals surface area contributed by atoms with Gasteiger partial charge >= 0.3 is 0 Å². The topological polar surface area (TPSA) is 88.6 Å². The molecule has 10 heteroatoms. The molecule has 7 nitrogen and oxygen atoms in total. The lowest BCUT2D eigenvalue weighted by Crippen LogP contribution is -2.27. The summed E-state index contributed by atoms with van der Waals surface area (Å²) in [6.45, 7) is 2.10. The maximum Gasteiger partial charge on any atom is 0.264 e. The van der Waals surface area contributed by atoms with Gasteiger partial charge in [0, 0.05) is 18.1 Å². The van der Waals surface area contributed by atoms with Crippen molar-refractivity contribution in [2.24, 2.45) is 0 Å². The molecule has 0 aliphatic rings. The lowest BCUT2D eigenvalue weighted by Gasteiger charge is -2.20. The van der Waals surface area contributed by atoms with E-state index >= 15 is 0 Å². The van der Waals surface area contributed by atoms with Crippen LogP contribution in [0.1, 0.15) is 21.1 Å². The lowest BCUT2D eigenvalue weighted by atomic mass is 10.2. The number of carbonyl (C=O) groups is 1. The minimum absolute atomic E-state index is 0.0412. The summed E-state index contributed by atoms with van der Waals surface area (Å²) in [5.41, 5.74) is 1.40. The largest absolute Gasteiger partial charge is 0.497 e. The molecule has 0 unspecified atom stereocenters. The van der Waals surface area contributed by atoms with E-state index in [1.54, 1.807) is 24.3 Å². The predicted molar refractivity (Wildman–Crippen MR) is 118 cm³/mol. The summed E-state index contributed by atoms with van der Waals surface area (Å²) in [6.07, 6.45) is 0. The van der Waals surface area contributed by atoms with E-state index in [2.05, 4.69) is 10.3 Å². The summed E-state index contributed by atoms with van der Waals surface area (Å²) in [4.78, 5) is 16.8. The molecule has 0 spiro atoms. The summed E-state index contributed by atoms with van der Waals surface area (Å²) in [5, 5.41) is 5.52. The SMILES string of the molecule is COc1ccc(N(C)S(=O)(=O)c2ccc(Cl)c(C(=O)NCc3nc(C)cs3)c2)cc1. The lowest BCUT2D eigenvalue weighted by molar-refractivity contribution is 0.0951. The van der Waals surface area contributed by atoms with Crippen LogP contribution in [0, 0.1) is 6.92 Å². The van der Waals surface area contributed by atoms with E-state index in [1.807, 2.05) is 12.3 Å². The first-order valence-electron chi connectivity index (χ1n) is 8.84. The number of hydrogen-bond acceptors (Lipinski definition) is 6. The second-order valence-electron chi connectivity index (χ2n) is 6.38. The molecule has 0 radical (unpaired) electrons. The fraction of sp³-hybridized carbons (Fsp3) is 0.200. The molecule has 0 fully saturated rings. The Morgan fingerprint density at radius 3 is 2.53 bits per heavy atom. The molecule has 1 N–H and O–H groups in total. The standard InChI is InChI=1S/C20H20ClN3O4S2/c1-13-12-29-19(23-13)11-22-20(25)17-10-16(8-9-18(17)21)30(26,27)24(2)14-4-6-15(28-3)7-5-14/h4-10,12H,11H2,1-3H3,(H,22,25). The zero-order chi connectivity index (χ0) is 21.9. The number of aryl methyl sites for hydroxylation is 1. The Kier molecular flexibility index (Phi) is 6.64. The van der Waals surface area contributed by atoms with Gasteiger partial charge in [-0.3, -0.25) is 9.10 Å². The monoisotopic (exact) mass is 465 g/mol. The van der Waals surface area contributed by atoms with E-state index in [4.69, 9.17) is 16.3 Å². The third-order valence-electron chi connectivity index (χ3n) is 4.34. The Balaban J connectivity index is 1.83. The number of benzene rings is 2. The molecule has 2 aromatic carbocycles. The molecule has 30 heavy (non-hydrogen) atoms. The van der Waals surface area contributed by atoms with Crippen molar-refractivity contribution in [1.82, 2.24) is 10.3 Å². The summed E-state index contributed by atoms with van der Waals surface area (Å²) in [5.74, 6) is 0.141. The molecule has 1 aromatic heterocycles. The quantitative estimate of drug-likeness (QED) is 0.572. The van der Waals surface area contributed by atoms with Gasteiger partial charge in [-0.05, 0) is 49.4 Å². The van der Waals surface area contributed by atoms with Gasteiger partial charge in [-0.2, -0.15) is 0 Å². The normalized spacial score (nSPS) is 11.2. The summed E-state index contributed by atoms with van der Waals surface area (Å²) in [6, 6.07) is 10.7. The van der Waals surface area contributed by atoms with Gasteiger partial charge in [-0.1, -0.05) is 11.6 Å². The second-order valence-corrected chi connectivity index (χ2v) is 9.70. The van der Waals surface area contributed by atoms with Crippen LogP contribution in [0.15, 0.2) is 52.7 Å². The molecular formula is C20H20ClN3O4S2. The Bertz CT molecular complexity index is 1160. The van der Waals surface area contributed by atoms with Gasteiger partial charge in [0.05, 0.1) is 34.8 Å². The Morgan fingerprint density at radius 1 is 1.23 bits per heavy atom. The van der Waals surface area contributed by atoms with Crippen molar-refractivity contribution in [3.63, 3.8) is 0 Å². The minimum atomic E-state index is -3.90. The van der Waals surface area contributed by atoms with Gasteiger partial charge in [-0.25, -0.2) is 13.4 Å². The number of hydrogen-bond donors (Lipinski definition) is 1. The van der Waals surface area contributed by atoms with Crippen LogP contribution in [-0.4, -0.2) is 33.5 Å². The van der Waals surface area contributed by atoms with Gasteiger partial charge in [0.15, 0.2) is 0 Å². The fourth-order valence-corrected chi connectivity index (χ4v) is 4.80. The Morgan fingerprint density at radius 2 is 1.93 bits per heavy atom. The highest BCUT2D eigenvalue weighted by molar-refractivity contribution is 7.92. The number of halogens is 1. The van der Waals surface area contributed by atoms with Gasteiger partial charge in [0.1, 0.15) is 10.8 Å². The van der Waals surface area contributed by atoms with Crippen LogP contribution in [0.25, 0.3) is 0 Å². The zero-order valence-electron chi connectivity index (χ0n) is 16.5. The molecule has 0 saturated carbocycles. The van der Waals surface area contributed by atoms with E-state index in [9.17, 15) is 13.2 Å². The number of methoxy groups -OCH3 is 1. The molecule has 158 valence electrons. The zero-order valence-corrected chi connectivity index (χ0v) is 18.9. The highest BCUT2D eigenvalue weighted by Crippen LogP contribution is 2.27. The number of ether oxygens (including phenoxy) is 1. The maximum atomic E-state index is 13.1. The molecule has 1 amide bonds. The average Bonchev–Trinajstić information content (AvgIpc) is 3.16. The van der Waals surface area contributed by atoms with Crippen LogP contribution in [0.3, 0.4) is 0 Å². The van der Waals surface area contributed by atoms with Crippen molar-refractivity contribution in [3.05, 3.63) is 69.1 Å². The summed E-state index contributed by atoms with van der Waals surface area (Å²) >= 11 is 7.59. The second kappa shape index (κ2) is 9.03. The minimum Gasteiger partial charge on any atom is -0.497 e. The molecule has 3 aromatic rings. The molecule has 1 heterocycles. The maximum absolute atomic E-state index is 13.1. The molecule has 0 atom stereocenters. The molecular weight excluding hydrogens is 446 g/mol. The number of amides is 1. The highest BCUT2D eigenvalue weighted by Gasteiger charge is 2.24. The van der Waals surface area contributed by atoms with Crippen molar-refractivity contribution in [2.45, 2.75) is 18.4 Å². The smallest absolute Gasteiger partial charge is 0.264 e. The highest BCUT2D eigenvalue weighted by atomic mass is 35.5. The predicted octanol–water partition coefficient (Wildman–Crippen LogP) is 3.87. The van der Waals surface area contributed by atoms with Crippen molar-refractivity contribution in [3.8, 4) is 5.75 Å². The van der Waals surface area contributed by atoms with E-state index < -0.39 is 15.9 Å². The van der Waals surface area contributed by atoms with E-state index in [0.29, 0.717) is 11.4 Å². The van der Waals surface area contributed by atoms with Crippen LogP contribution >= 0.6 is 22.9 Å². The fourth-order valence-electron chi connectivity index (χ4n) is 2.66. The number of sulfonamides is 1. The first-order valence-corrected chi connectivity index (χ1v) is 11.5. The van der Waals surface area contributed by atoms with Gasteiger partial charge in [0.25, 0.3) is 15.9 Å². The van der Waals surface area contributed by atoms with E-state index in [0.717, 1.165) is 15.0 Å². The van der Waals surface area contributed by atoms with Gasteiger partial charge in [0.2, 0.25) is 0 Å². The molecule has 0 bridgehead atoms. The number of aromatic nitrogens is 1. The molecule has 0 aliphatic heterocycles. The van der Waals surface area contributed by atoms with Crippen LogP contribution in [-0.2, 0) is 16.6 Å². The van der Waals surface area contributed by atoms with Gasteiger partial charge in [-0.15, -0.1) is 11.3 Å². The first-order chi connectivity index (χ1) is 14.2. The first kappa shape index (κ1) is 22.1. The molecule has 3 rings (SSSR count). The number of nitrogens with one attached hydrogen (secondary N) is 1. The number of anilines is 1. The van der Waals surface area contributed by atoms with Crippen LogP contribution in [0.2, 0.25) is 5.02 Å². The molecule has 0 saturated heterocycles. The van der Waals surface area contributed by atoms with E-state index in [1.165, 1.54) is 43.7 Å². The number of rotatable bonds is 7. The van der Waals surface area contributed by atoms with Crippen molar-refractivity contribution in [2.75, 3.05) is 18.5 Å². The third kappa shape index (κ3) is 4.75. The van der Waals surface area contributed by atoms with Crippen LogP contribution < -0.4 is 14.4 Å². The number of carbonyl (C=O) groups excluding carboxylic acids is 1. The Hall–Kier alpha value is -2.62. The third-order valence-corrected chi connectivity index (χ3v) is 7.42. The van der Waals surface area contributed by atoms with Crippen molar-refractivity contribution >= 4 is 44.6 Å². The number of nitrogens with zero attached hydrogens (tertiary/aromatic N) is 2. The van der Waals surface area contributed by atoms with Crippen molar-refractivity contribution in [1.29, 1.82) is 0 Å².